The Balaban J connectivity index is 2.52. The second-order valence-corrected chi connectivity index (χ2v) is 4.80. The first-order valence-electron chi connectivity index (χ1n) is 6.12. The minimum atomic E-state index is -0.960. The fourth-order valence-corrected chi connectivity index (χ4v) is 1.50. The smallest absolute Gasteiger partial charge is 0.311 e. The van der Waals surface area contributed by atoms with Crippen LogP contribution in [0.15, 0.2) is 24.3 Å². The molecule has 5 heteroatoms. The zero-order valence-corrected chi connectivity index (χ0v) is 11.1. The fraction of sp³-hybridized carbons (Fsp3) is 0.429. The highest BCUT2D eigenvalue weighted by Crippen LogP contribution is 2.19. The van der Waals surface area contributed by atoms with E-state index >= 15 is 0 Å². The molecule has 19 heavy (non-hydrogen) atoms. The SMILES string of the molecule is CCC(C)(CNC(=O)Cc1ccc(F)cc1)C(=O)O. The molecule has 0 aliphatic rings. The molecule has 0 aliphatic heterocycles. The van der Waals surface area contributed by atoms with Crippen LogP contribution in [0.4, 0.5) is 4.39 Å². The van der Waals surface area contributed by atoms with Gasteiger partial charge >= 0.3 is 5.97 Å². The second kappa shape index (κ2) is 6.31. The predicted octanol–water partition coefficient (Wildman–Crippen LogP) is 1.99. The van der Waals surface area contributed by atoms with Gasteiger partial charge in [-0.3, -0.25) is 9.59 Å². The number of carboxylic acids is 1. The van der Waals surface area contributed by atoms with E-state index in [0.717, 1.165) is 0 Å². The number of benzene rings is 1. The maximum absolute atomic E-state index is 12.7. The Morgan fingerprint density at radius 3 is 2.37 bits per heavy atom. The van der Waals surface area contributed by atoms with Crippen LogP contribution in [0.5, 0.6) is 0 Å². The first-order valence-corrected chi connectivity index (χ1v) is 6.12. The van der Waals surface area contributed by atoms with E-state index in [9.17, 15) is 14.0 Å². The highest BCUT2D eigenvalue weighted by molar-refractivity contribution is 5.80. The number of amides is 1. The molecule has 1 atom stereocenters. The van der Waals surface area contributed by atoms with Gasteiger partial charge in [0, 0.05) is 6.54 Å². The number of aliphatic carboxylic acids is 1. The number of carbonyl (C=O) groups excluding carboxylic acids is 1. The molecule has 1 aromatic carbocycles. The van der Waals surface area contributed by atoms with Crippen molar-refractivity contribution in [2.24, 2.45) is 5.41 Å². The number of carboxylic acid groups (broad SMARTS) is 1. The summed E-state index contributed by atoms with van der Waals surface area (Å²) in [6, 6.07) is 5.64. The highest BCUT2D eigenvalue weighted by Gasteiger charge is 2.31. The lowest BCUT2D eigenvalue weighted by atomic mass is 9.87. The second-order valence-electron chi connectivity index (χ2n) is 4.80. The van der Waals surface area contributed by atoms with Gasteiger partial charge in [-0.1, -0.05) is 19.1 Å². The molecule has 1 aromatic rings. The Bertz CT molecular complexity index is 458. The van der Waals surface area contributed by atoms with Crippen LogP contribution in [-0.2, 0) is 16.0 Å². The Kier molecular flexibility index (Phi) is 5.03. The molecule has 0 spiro atoms. The van der Waals surface area contributed by atoms with E-state index in [1.54, 1.807) is 13.8 Å². The summed E-state index contributed by atoms with van der Waals surface area (Å²) >= 11 is 0. The van der Waals surface area contributed by atoms with Crippen LogP contribution in [0.2, 0.25) is 0 Å². The molecule has 2 N–H and O–H groups in total. The molecular formula is C14H18FNO3. The van der Waals surface area contributed by atoms with Crippen LogP contribution in [0, 0.1) is 11.2 Å². The molecule has 0 aliphatic carbocycles. The van der Waals surface area contributed by atoms with Gasteiger partial charge in [-0.15, -0.1) is 0 Å². The summed E-state index contributed by atoms with van der Waals surface area (Å²) < 4.78 is 12.7. The maximum atomic E-state index is 12.7. The summed E-state index contributed by atoms with van der Waals surface area (Å²) in [6.45, 7) is 3.44. The largest absolute Gasteiger partial charge is 0.481 e. The van der Waals surface area contributed by atoms with Crippen LogP contribution in [0.25, 0.3) is 0 Å². The number of hydrogen-bond donors (Lipinski definition) is 2. The van der Waals surface area contributed by atoms with E-state index in [1.807, 2.05) is 0 Å². The van der Waals surface area contributed by atoms with E-state index in [0.29, 0.717) is 12.0 Å². The van der Waals surface area contributed by atoms with Gasteiger partial charge in [0.25, 0.3) is 0 Å². The van der Waals surface area contributed by atoms with Crippen molar-refractivity contribution in [2.75, 3.05) is 6.54 Å². The topological polar surface area (TPSA) is 66.4 Å². The summed E-state index contributed by atoms with van der Waals surface area (Å²) in [5.74, 6) is -1.56. The molecule has 0 aromatic heterocycles. The van der Waals surface area contributed by atoms with Gasteiger partial charge in [0.2, 0.25) is 5.91 Å². The Hall–Kier alpha value is -1.91. The third-order valence-electron chi connectivity index (χ3n) is 3.25. The molecule has 0 heterocycles. The minimum absolute atomic E-state index is 0.0822. The average molecular weight is 267 g/mol. The molecule has 1 rings (SSSR count). The van der Waals surface area contributed by atoms with Gasteiger partial charge in [0.15, 0.2) is 0 Å². The molecule has 1 amide bonds. The molecule has 4 nitrogen and oxygen atoms in total. The number of rotatable bonds is 6. The molecule has 0 fully saturated rings. The molecule has 104 valence electrons. The van der Waals surface area contributed by atoms with Crippen molar-refractivity contribution >= 4 is 11.9 Å². The molecule has 0 saturated heterocycles. The summed E-state index contributed by atoms with van der Waals surface area (Å²) in [4.78, 5) is 22.8. The van der Waals surface area contributed by atoms with Gasteiger partial charge < -0.3 is 10.4 Å². The van der Waals surface area contributed by atoms with Crippen LogP contribution in [-0.4, -0.2) is 23.5 Å². The molecule has 1 unspecified atom stereocenters. The lowest BCUT2D eigenvalue weighted by Crippen LogP contribution is -2.41. The monoisotopic (exact) mass is 267 g/mol. The van der Waals surface area contributed by atoms with E-state index in [4.69, 9.17) is 5.11 Å². The third kappa shape index (κ3) is 4.35. The summed E-state index contributed by atoms with van der Waals surface area (Å²) in [5, 5.41) is 11.7. The zero-order valence-electron chi connectivity index (χ0n) is 11.1. The van der Waals surface area contributed by atoms with Crippen molar-refractivity contribution in [2.45, 2.75) is 26.7 Å². The number of carbonyl (C=O) groups is 2. The lowest BCUT2D eigenvalue weighted by molar-refractivity contribution is -0.148. The van der Waals surface area contributed by atoms with Gasteiger partial charge in [0.05, 0.1) is 11.8 Å². The van der Waals surface area contributed by atoms with E-state index in [-0.39, 0.29) is 24.7 Å². The number of nitrogens with one attached hydrogen (secondary N) is 1. The van der Waals surface area contributed by atoms with Crippen LogP contribution >= 0.6 is 0 Å². The number of halogens is 1. The van der Waals surface area contributed by atoms with Crippen molar-refractivity contribution in [3.63, 3.8) is 0 Å². The van der Waals surface area contributed by atoms with Crippen molar-refractivity contribution in [3.8, 4) is 0 Å². The van der Waals surface area contributed by atoms with Crippen molar-refractivity contribution in [3.05, 3.63) is 35.6 Å². The minimum Gasteiger partial charge on any atom is -0.481 e. The van der Waals surface area contributed by atoms with Crippen LogP contribution < -0.4 is 5.32 Å². The van der Waals surface area contributed by atoms with Crippen LogP contribution in [0.3, 0.4) is 0 Å². The average Bonchev–Trinajstić information content (AvgIpc) is 2.38. The number of hydrogen-bond acceptors (Lipinski definition) is 2. The zero-order chi connectivity index (χ0) is 14.5. The molecular weight excluding hydrogens is 249 g/mol. The first kappa shape index (κ1) is 15.1. The van der Waals surface area contributed by atoms with Gasteiger partial charge in [-0.05, 0) is 31.0 Å². The fourth-order valence-electron chi connectivity index (χ4n) is 1.50. The van der Waals surface area contributed by atoms with Crippen molar-refractivity contribution in [1.82, 2.24) is 5.32 Å². The normalized spacial score (nSPS) is 13.6. The molecule has 0 bridgehead atoms. The van der Waals surface area contributed by atoms with Crippen molar-refractivity contribution < 1.29 is 19.1 Å². The summed E-state index contributed by atoms with van der Waals surface area (Å²) in [6.07, 6.45) is 0.541. The molecule has 0 radical (unpaired) electrons. The van der Waals surface area contributed by atoms with Crippen LogP contribution in [0.1, 0.15) is 25.8 Å². The standard InChI is InChI=1S/C14H18FNO3/c1-3-14(2,13(18)19)9-16-12(17)8-10-4-6-11(15)7-5-10/h4-7H,3,8-9H2,1-2H3,(H,16,17)(H,18,19). The summed E-state index contributed by atoms with van der Waals surface area (Å²) in [5.41, 5.74) is -0.272. The third-order valence-corrected chi connectivity index (χ3v) is 3.25. The molecule has 0 saturated carbocycles. The van der Waals surface area contributed by atoms with E-state index < -0.39 is 11.4 Å². The van der Waals surface area contributed by atoms with E-state index in [1.165, 1.54) is 24.3 Å². The Labute approximate surface area is 111 Å². The van der Waals surface area contributed by atoms with Gasteiger partial charge in [0.1, 0.15) is 5.82 Å². The van der Waals surface area contributed by atoms with E-state index in [2.05, 4.69) is 5.32 Å². The Morgan fingerprint density at radius 1 is 1.32 bits per heavy atom. The maximum Gasteiger partial charge on any atom is 0.311 e. The summed E-state index contributed by atoms with van der Waals surface area (Å²) in [7, 11) is 0. The highest BCUT2D eigenvalue weighted by atomic mass is 19.1. The quantitative estimate of drug-likeness (QED) is 0.828. The van der Waals surface area contributed by atoms with Gasteiger partial charge in [-0.25, -0.2) is 4.39 Å². The van der Waals surface area contributed by atoms with Crippen molar-refractivity contribution in [1.29, 1.82) is 0 Å². The predicted molar refractivity (Wildman–Crippen MR) is 69.1 cm³/mol. The van der Waals surface area contributed by atoms with Gasteiger partial charge in [-0.2, -0.15) is 0 Å². The first-order chi connectivity index (χ1) is 8.87. The Morgan fingerprint density at radius 2 is 1.89 bits per heavy atom. The lowest BCUT2D eigenvalue weighted by Gasteiger charge is -2.23.